The van der Waals surface area contributed by atoms with Crippen LogP contribution in [0.5, 0.6) is 0 Å². The summed E-state index contributed by atoms with van der Waals surface area (Å²) in [5.41, 5.74) is 0.967. The second-order valence-electron chi connectivity index (χ2n) is 5.71. The number of nitrogens with one attached hydrogen (secondary N) is 2. The topological polar surface area (TPSA) is 75.3 Å². The molecule has 0 aliphatic carbocycles. The van der Waals surface area contributed by atoms with E-state index in [2.05, 4.69) is 11.9 Å². The molecule has 0 radical (unpaired) electrons. The number of amides is 2. The van der Waals surface area contributed by atoms with E-state index in [4.69, 9.17) is 0 Å². The largest absolute Gasteiger partial charge is 0.337 e. The van der Waals surface area contributed by atoms with Gasteiger partial charge < -0.3 is 5.32 Å². The van der Waals surface area contributed by atoms with Gasteiger partial charge in [0.05, 0.1) is 4.90 Å². The van der Waals surface area contributed by atoms with Crippen molar-refractivity contribution in [3.05, 3.63) is 42.5 Å². The molecule has 0 saturated heterocycles. The van der Waals surface area contributed by atoms with Gasteiger partial charge in [-0.05, 0) is 29.5 Å². The minimum atomic E-state index is -3.85. The smallest absolute Gasteiger partial charge is 0.328 e. The zero-order valence-electron chi connectivity index (χ0n) is 12.6. The number of urea groups is 1. The van der Waals surface area contributed by atoms with Crippen molar-refractivity contribution in [2.45, 2.75) is 37.5 Å². The van der Waals surface area contributed by atoms with Crippen LogP contribution in [0.4, 0.5) is 4.79 Å². The van der Waals surface area contributed by atoms with Crippen LogP contribution in [0, 0.1) is 0 Å². The Morgan fingerprint density at radius 1 is 1.24 bits per heavy atom. The maximum atomic E-state index is 12.0. The van der Waals surface area contributed by atoms with Crippen LogP contribution in [0.25, 0.3) is 0 Å². The Balaban J connectivity index is 2.79. The maximum Gasteiger partial charge on any atom is 0.328 e. The fourth-order valence-electron chi connectivity index (χ4n) is 1.64. The lowest BCUT2D eigenvalue weighted by Crippen LogP contribution is -2.39. The molecule has 6 heteroatoms. The SMILES string of the molecule is C=CCCNC(=O)NS(=O)(=O)c1ccc(C(C)(C)C)cc1. The summed E-state index contributed by atoms with van der Waals surface area (Å²) in [5, 5.41) is 2.44. The zero-order valence-corrected chi connectivity index (χ0v) is 13.5. The van der Waals surface area contributed by atoms with Gasteiger partial charge >= 0.3 is 6.03 Å². The normalized spacial score (nSPS) is 11.8. The average Bonchev–Trinajstić information content (AvgIpc) is 2.37. The fourth-order valence-corrected chi connectivity index (χ4v) is 2.57. The first-order chi connectivity index (χ1) is 9.66. The van der Waals surface area contributed by atoms with Gasteiger partial charge in [0.2, 0.25) is 0 Å². The minimum Gasteiger partial charge on any atom is -0.337 e. The molecule has 0 bridgehead atoms. The Bertz CT molecular complexity index is 599. The predicted molar refractivity (Wildman–Crippen MR) is 83.7 cm³/mol. The number of carbonyl (C=O) groups excluding carboxylic acids is 1. The summed E-state index contributed by atoms with van der Waals surface area (Å²) in [7, 11) is -3.85. The number of carbonyl (C=O) groups is 1. The Hall–Kier alpha value is -1.82. The standard InChI is InChI=1S/C15H22N2O3S/c1-5-6-11-16-14(18)17-21(19,20)13-9-7-12(8-10-13)15(2,3)4/h5,7-10H,1,6,11H2,2-4H3,(H2,16,17,18). The summed E-state index contributed by atoms with van der Waals surface area (Å²) in [4.78, 5) is 11.6. The molecule has 0 heterocycles. The molecule has 21 heavy (non-hydrogen) atoms. The highest BCUT2D eigenvalue weighted by molar-refractivity contribution is 7.90. The van der Waals surface area contributed by atoms with E-state index >= 15 is 0 Å². The van der Waals surface area contributed by atoms with Crippen LogP contribution in [0.3, 0.4) is 0 Å². The lowest BCUT2D eigenvalue weighted by Gasteiger charge is -2.19. The Kier molecular flexibility index (Phi) is 5.54. The van der Waals surface area contributed by atoms with Crippen molar-refractivity contribution in [1.82, 2.24) is 10.0 Å². The van der Waals surface area contributed by atoms with E-state index in [0.717, 1.165) is 5.56 Å². The fraction of sp³-hybridized carbons (Fsp3) is 0.400. The Labute approximate surface area is 126 Å². The van der Waals surface area contributed by atoms with Crippen LogP contribution in [0.1, 0.15) is 32.8 Å². The highest BCUT2D eigenvalue weighted by Crippen LogP contribution is 2.23. The summed E-state index contributed by atoms with van der Waals surface area (Å²) in [6, 6.07) is 5.77. The second kappa shape index (κ2) is 6.76. The molecule has 0 saturated carbocycles. The first kappa shape index (κ1) is 17.2. The quantitative estimate of drug-likeness (QED) is 0.648. The third-order valence-electron chi connectivity index (χ3n) is 2.89. The molecule has 1 aromatic carbocycles. The predicted octanol–water partition coefficient (Wildman–Crippen LogP) is 2.55. The van der Waals surface area contributed by atoms with Crippen LogP contribution in [0.15, 0.2) is 41.8 Å². The van der Waals surface area contributed by atoms with Crippen LogP contribution in [0.2, 0.25) is 0 Å². The molecule has 0 spiro atoms. The lowest BCUT2D eigenvalue weighted by atomic mass is 9.87. The van der Waals surface area contributed by atoms with Crippen LogP contribution >= 0.6 is 0 Å². The molecule has 2 N–H and O–H groups in total. The summed E-state index contributed by atoms with van der Waals surface area (Å²) in [6.07, 6.45) is 2.22. The van der Waals surface area contributed by atoms with Crippen LogP contribution < -0.4 is 10.0 Å². The van der Waals surface area contributed by atoms with Gasteiger partial charge in [-0.2, -0.15) is 0 Å². The molecular weight excluding hydrogens is 288 g/mol. The van der Waals surface area contributed by atoms with E-state index in [1.165, 1.54) is 12.1 Å². The highest BCUT2D eigenvalue weighted by atomic mass is 32.2. The molecular formula is C15H22N2O3S. The van der Waals surface area contributed by atoms with Crippen LogP contribution in [-0.2, 0) is 15.4 Å². The number of hydrogen-bond acceptors (Lipinski definition) is 3. The first-order valence-corrected chi connectivity index (χ1v) is 8.17. The highest BCUT2D eigenvalue weighted by Gasteiger charge is 2.19. The molecule has 116 valence electrons. The van der Waals surface area contributed by atoms with Gasteiger partial charge in [-0.1, -0.05) is 39.0 Å². The molecule has 0 aliphatic rings. The first-order valence-electron chi connectivity index (χ1n) is 6.69. The van der Waals surface area contributed by atoms with Gasteiger partial charge in [-0.3, -0.25) is 0 Å². The van der Waals surface area contributed by atoms with Crippen molar-refractivity contribution in [3.63, 3.8) is 0 Å². The third kappa shape index (κ3) is 5.23. The minimum absolute atomic E-state index is 0.0578. The second-order valence-corrected chi connectivity index (χ2v) is 7.40. The average molecular weight is 310 g/mol. The molecule has 5 nitrogen and oxygen atoms in total. The summed E-state index contributed by atoms with van der Waals surface area (Å²) < 4.78 is 26.1. The van der Waals surface area contributed by atoms with Gasteiger partial charge in [0.15, 0.2) is 0 Å². The van der Waals surface area contributed by atoms with E-state index in [9.17, 15) is 13.2 Å². The van der Waals surface area contributed by atoms with Crippen molar-refractivity contribution in [2.75, 3.05) is 6.54 Å². The molecule has 0 aliphatic heterocycles. The van der Waals surface area contributed by atoms with Gasteiger partial charge in [0, 0.05) is 6.54 Å². The number of sulfonamides is 1. The van der Waals surface area contributed by atoms with E-state index < -0.39 is 16.1 Å². The zero-order chi connectivity index (χ0) is 16.1. The molecule has 0 aromatic heterocycles. The third-order valence-corrected chi connectivity index (χ3v) is 4.24. The van der Waals surface area contributed by atoms with Crippen molar-refractivity contribution in [3.8, 4) is 0 Å². The number of hydrogen-bond donors (Lipinski definition) is 2. The maximum absolute atomic E-state index is 12.0. The van der Waals surface area contributed by atoms with Gasteiger partial charge in [-0.15, -0.1) is 6.58 Å². The summed E-state index contributed by atoms with van der Waals surface area (Å²) in [5.74, 6) is 0. The van der Waals surface area contributed by atoms with Gasteiger partial charge in [-0.25, -0.2) is 17.9 Å². The van der Waals surface area contributed by atoms with E-state index in [0.29, 0.717) is 13.0 Å². The molecule has 1 aromatic rings. The van der Waals surface area contributed by atoms with E-state index in [1.54, 1.807) is 18.2 Å². The van der Waals surface area contributed by atoms with Crippen molar-refractivity contribution in [2.24, 2.45) is 0 Å². The van der Waals surface area contributed by atoms with E-state index in [-0.39, 0.29) is 10.3 Å². The molecule has 0 atom stereocenters. The van der Waals surface area contributed by atoms with E-state index in [1.807, 2.05) is 25.5 Å². The van der Waals surface area contributed by atoms with Crippen molar-refractivity contribution < 1.29 is 13.2 Å². The number of benzene rings is 1. The monoisotopic (exact) mass is 310 g/mol. The van der Waals surface area contributed by atoms with Gasteiger partial charge in [0.1, 0.15) is 0 Å². The van der Waals surface area contributed by atoms with Crippen molar-refractivity contribution >= 4 is 16.1 Å². The molecule has 0 fully saturated rings. The Morgan fingerprint density at radius 3 is 2.29 bits per heavy atom. The van der Waals surface area contributed by atoms with Crippen molar-refractivity contribution in [1.29, 1.82) is 0 Å². The molecule has 2 amide bonds. The van der Waals surface area contributed by atoms with Crippen LogP contribution in [-0.4, -0.2) is 21.0 Å². The summed E-state index contributed by atoms with van der Waals surface area (Å²) >= 11 is 0. The summed E-state index contributed by atoms with van der Waals surface area (Å²) in [6.45, 7) is 9.99. The Morgan fingerprint density at radius 2 is 1.81 bits per heavy atom. The molecule has 0 unspecified atom stereocenters. The lowest BCUT2D eigenvalue weighted by molar-refractivity contribution is 0.246. The van der Waals surface area contributed by atoms with Gasteiger partial charge in [0.25, 0.3) is 10.0 Å². The molecule has 1 rings (SSSR count). The number of rotatable bonds is 5.